The highest BCUT2D eigenvalue weighted by Gasteiger charge is 2.43. The van der Waals surface area contributed by atoms with Crippen LogP contribution in [-0.4, -0.2) is 91.8 Å². The number of aromatic nitrogens is 2. The molecule has 3 rings (SSSR count). The molecule has 0 aromatic carbocycles. The molecule has 5 atom stereocenters. The molecule has 32 heavy (non-hydrogen) atoms. The van der Waals surface area contributed by atoms with Gasteiger partial charge in [-0.3, -0.25) is 9.36 Å². The summed E-state index contributed by atoms with van der Waals surface area (Å²) in [7, 11) is 0. The van der Waals surface area contributed by atoms with Gasteiger partial charge in [-0.05, 0) is 18.9 Å². The van der Waals surface area contributed by atoms with Crippen LogP contribution < -0.4 is 16.7 Å². The molecule has 0 aliphatic carbocycles. The third-order valence-corrected chi connectivity index (χ3v) is 5.24. The van der Waals surface area contributed by atoms with Crippen molar-refractivity contribution in [1.29, 1.82) is 0 Å². The Morgan fingerprint density at radius 3 is 2.72 bits per heavy atom. The molecule has 0 bridgehead atoms. The zero-order valence-corrected chi connectivity index (χ0v) is 16.8. The van der Waals surface area contributed by atoms with Crippen molar-refractivity contribution < 1.29 is 39.2 Å². The van der Waals surface area contributed by atoms with Crippen molar-refractivity contribution >= 4 is 23.8 Å². The van der Waals surface area contributed by atoms with Gasteiger partial charge >= 0.3 is 11.8 Å². The molecule has 14 heteroatoms. The second kappa shape index (κ2) is 9.89. The van der Waals surface area contributed by atoms with Crippen LogP contribution in [0.1, 0.15) is 19.1 Å². The molecule has 1 aromatic rings. The summed E-state index contributed by atoms with van der Waals surface area (Å²) in [6.45, 7) is -0.628. The van der Waals surface area contributed by atoms with E-state index in [4.69, 9.17) is 15.6 Å². The SMILES string of the molecule is NC(=O)OCC(=C=O)N1CCCC1C(=O)Nc1ccn(C2OC(CO)C(O)C2O)c(=O)n1. The summed E-state index contributed by atoms with van der Waals surface area (Å²) >= 11 is 0. The molecular formula is C18H23N5O9. The van der Waals surface area contributed by atoms with E-state index in [2.05, 4.69) is 15.0 Å². The third-order valence-electron chi connectivity index (χ3n) is 5.24. The van der Waals surface area contributed by atoms with E-state index in [1.54, 1.807) is 5.94 Å². The Morgan fingerprint density at radius 1 is 1.38 bits per heavy atom. The normalized spacial score (nSPS) is 27.1. The smallest absolute Gasteiger partial charge is 0.404 e. The van der Waals surface area contributed by atoms with Crippen LogP contribution in [0, 0.1) is 0 Å². The van der Waals surface area contributed by atoms with E-state index in [9.17, 15) is 29.4 Å². The Labute approximate surface area is 180 Å². The number of carbonyl (C=O) groups excluding carboxylic acids is 3. The van der Waals surface area contributed by atoms with Gasteiger partial charge in [-0.2, -0.15) is 4.98 Å². The fourth-order valence-corrected chi connectivity index (χ4v) is 3.67. The first-order valence-corrected chi connectivity index (χ1v) is 9.72. The average Bonchev–Trinajstić information content (AvgIpc) is 3.34. The average molecular weight is 453 g/mol. The highest BCUT2D eigenvalue weighted by molar-refractivity contribution is 5.94. The second-order valence-electron chi connectivity index (χ2n) is 7.23. The third kappa shape index (κ3) is 4.79. The first-order valence-electron chi connectivity index (χ1n) is 9.72. The van der Waals surface area contributed by atoms with Gasteiger partial charge in [-0.15, -0.1) is 0 Å². The minimum atomic E-state index is -1.46. The van der Waals surface area contributed by atoms with Crippen molar-refractivity contribution in [3.05, 3.63) is 28.4 Å². The summed E-state index contributed by atoms with van der Waals surface area (Å²) in [6.07, 6.45) is -4.05. The second-order valence-corrected chi connectivity index (χ2v) is 7.23. The number of hydrogen-bond acceptors (Lipinski definition) is 11. The summed E-state index contributed by atoms with van der Waals surface area (Å²) in [6, 6.07) is 0.507. The largest absolute Gasteiger partial charge is 0.442 e. The highest BCUT2D eigenvalue weighted by Crippen LogP contribution is 2.28. The number of aliphatic hydroxyl groups is 3. The number of nitrogens with zero attached hydrogens (tertiary/aromatic N) is 3. The Hall–Kier alpha value is -3.29. The van der Waals surface area contributed by atoms with Crippen LogP contribution >= 0.6 is 0 Å². The van der Waals surface area contributed by atoms with Crippen molar-refractivity contribution in [2.75, 3.05) is 25.1 Å². The molecule has 0 spiro atoms. The minimum absolute atomic E-state index is 0.0470. The number of hydrogen-bond donors (Lipinski definition) is 5. The number of primary amides is 1. The lowest BCUT2D eigenvalue weighted by molar-refractivity contribution is -0.119. The number of nitrogens with one attached hydrogen (secondary N) is 1. The summed E-state index contributed by atoms with van der Waals surface area (Å²) in [5.74, 6) is 1.01. The predicted octanol–water partition coefficient (Wildman–Crippen LogP) is -2.93. The fourth-order valence-electron chi connectivity index (χ4n) is 3.67. The van der Waals surface area contributed by atoms with Gasteiger partial charge in [-0.1, -0.05) is 0 Å². The van der Waals surface area contributed by atoms with E-state index in [1.165, 1.54) is 17.2 Å². The van der Waals surface area contributed by atoms with E-state index in [-0.39, 0.29) is 11.5 Å². The maximum Gasteiger partial charge on any atom is 0.404 e. The Balaban J connectivity index is 1.70. The van der Waals surface area contributed by atoms with Gasteiger partial charge in [0.15, 0.2) is 6.23 Å². The summed E-state index contributed by atoms with van der Waals surface area (Å²) in [5, 5.41) is 31.5. The molecule has 14 nitrogen and oxygen atoms in total. The number of ether oxygens (including phenoxy) is 2. The summed E-state index contributed by atoms with van der Waals surface area (Å²) < 4.78 is 10.8. The van der Waals surface area contributed by atoms with Crippen molar-refractivity contribution in [3.63, 3.8) is 0 Å². The number of nitrogens with two attached hydrogens (primary N) is 1. The molecule has 174 valence electrons. The van der Waals surface area contributed by atoms with Crippen LogP contribution in [-0.2, 0) is 19.1 Å². The van der Waals surface area contributed by atoms with Gasteiger partial charge in [0, 0.05) is 12.7 Å². The molecule has 6 N–H and O–H groups in total. The van der Waals surface area contributed by atoms with E-state index in [1.807, 2.05) is 0 Å². The minimum Gasteiger partial charge on any atom is -0.442 e. The summed E-state index contributed by atoms with van der Waals surface area (Å²) in [4.78, 5) is 52.3. The molecule has 2 fully saturated rings. The fraction of sp³-hybridized carbons (Fsp3) is 0.556. The molecule has 5 unspecified atom stereocenters. The van der Waals surface area contributed by atoms with E-state index in [0.717, 1.165) is 4.57 Å². The van der Waals surface area contributed by atoms with Crippen molar-refractivity contribution in [2.24, 2.45) is 5.73 Å². The zero-order valence-electron chi connectivity index (χ0n) is 16.8. The highest BCUT2D eigenvalue weighted by atomic mass is 16.6. The molecule has 0 saturated carbocycles. The van der Waals surface area contributed by atoms with Crippen LogP contribution in [0.15, 0.2) is 22.8 Å². The van der Waals surface area contributed by atoms with Crippen molar-refractivity contribution in [3.8, 4) is 0 Å². The van der Waals surface area contributed by atoms with Crippen LogP contribution in [0.4, 0.5) is 10.6 Å². The number of rotatable bonds is 7. The van der Waals surface area contributed by atoms with E-state index >= 15 is 0 Å². The Kier molecular flexibility index (Phi) is 7.22. The zero-order chi connectivity index (χ0) is 23.4. The Bertz CT molecular complexity index is 976. The maximum absolute atomic E-state index is 12.7. The molecule has 2 amide bonds. The lowest BCUT2D eigenvalue weighted by Crippen LogP contribution is -2.41. The van der Waals surface area contributed by atoms with Crippen LogP contribution in [0.3, 0.4) is 0 Å². The van der Waals surface area contributed by atoms with Gasteiger partial charge in [0.25, 0.3) is 0 Å². The Morgan fingerprint density at radius 2 is 2.12 bits per heavy atom. The molecule has 0 radical (unpaired) electrons. The van der Waals surface area contributed by atoms with Crippen molar-refractivity contribution in [1.82, 2.24) is 14.5 Å². The lowest BCUT2D eigenvalue weighted by atomic mass is 10.1. The lowest BCUT2D eigenvalue weighted by Gasteiger charge is -2.25. The predicted molar refractivity (Wildman–Crippen MR) is 105 cm³/mol. The van der Waals surface area contributed by atoms with Crippen molar-refractivity contribution in [2.45, 2.75) is 43.4 Å². The van der Waals surface area contributed by atoms with E-state index in [0.29, 0.717) is 19.4 Å². The number of likely N-dealkylation sites (tertiary alicyclic amines) is 1. The molecule has 1 aromatic heterocycles. The van der Waals surface area contributed by atoms with E-state index < -0.39 is 61.5 Å². The van der Waals surface area contributed by atoms with Gasteiger partial charge in [-0.25, -0.2) is 14.4 Å². The van der Waals surface area contributed by atoms with Crippen LogP contribution in [0.5, 0.6) is 0 Å². The standard InChI is InChI=1S/C18H23N5O9/c19-17(29)31-8-9(6-24)22-4-1-2-10(22)15(28)20-12-3-5-23(18(30)21-12)16-14(27)13(26)11(7-25)32-16/h3,5,10-11,13-14,16,25-27H,1-2,4,7-8H2,(H2,19,29)(H,20,21,28,30). The molecule has 2 aliphatic heterocycles. The topological polar surface area (TPSA) is 207 Å². The molecular weight excluding hydrogens is 430 g/mol. The van der Waals surface area contributed by atoms with Gasteiger partial charge < -0.3 is 40.7 Å². The maximum atomic E-state index is 12.7. The van der Waals surface area contributed by atoms with Gasteiger partial charge in [0.2, 0.25) is 5.91 Å². The molecule has 2 saturated heterocycles. The number of carbonyl (C=O) groups is 2. The quantitative estimate of drug-likeness (QED) is 0.264. The molecule has 2 aliphatic rings. The van der Waals surface area contributed by atoms with Crippen LogP contribution in [0.25, 0.3) is 0 Å². The van der Waals surface area contributed by atoms with Crippen LogP contribution in [0.2, 0.25) is 0 Å². The number of anilines is 1. The first-order chi connectivity index (χ1) is 15.3. The monoisotopic (exact) mass is 453 g/mol. The number of aliphatic hydroxyl groups excluding tert-OH is 3. The summed E-state index contributed by atoms with van der Waals surface area (Å²) in [5.41, 5.74) is 3.98. The molecule has 3 heterocycles. The first kappa shape index (κ1) is 23.4. The number of amides is 2. The van der Waals surface area contributed by atoms with Gasteiger partial charge in [0.05, 0.1) is 6.61 Å². The van der Waals surface area contributed by atoms with Gasteiger partial charge in [0.1, 0.15) is 48.4 Å².